The Kier molecular flexibility index (Phi) is 5.50. The van der Waals surface area contributed by atoms with Gasteiger partial charge in [0, 0.05) is 6.54 Å². The molecular formula is C6H15N3O2. The van der Waals surface area contributed by atoms with Crippen molar-refractivity contribution >= 4 is 5.96 Å². The standard InChI is InChI=1S/C6H15N3O2/c1-5(4-10)11-3-2-9-6(7)8/h5,10H,2-4H2,1H3,(H4,7,8,9). The van der Waals surface area contributed by atoms with Gasteiger partial charge in [-0.15, -0.1) is 0 Å². The maximum Gasteiger partial charge on any atom is 0.185 e. The Balaban J connectivity index is 3.08. The number of ether oxygens (including phenoxy) is 1. The number of rotatable bonds is 5. The van der Waals surface area contributed by atoms with Crippen molar-refractivity contribution in [3.05, 3.63) is 0 Å². The molecule has 0 aromatic carbocycles. The lowest BCUT2D eigenvalue weighted by atomic mass is 10.4. The molecule has 0 heterocycles. The van der Waals surface area contributed by atoms with E-state index in [1.54, 1.807) is 6.92 Å². The van der Waals surface area contributed by atoms with Crippen LogP contribution in [0.5, 0.6) is 0 Å². The number of nitrogens with two attached hydrogens (primary N) is 1. The van der Waals surface area contributed by atoms with Crippen molar-refractivity contribution < 1.29 is 9.84 Å². The summed E-state index contributed by atoms with van der Waals surface area (Å²) in [5, 5.41) is 17.9. The predicted octanol–water partition coefficient (Wildman–Crippen LogP) is -1.13. The molecule has 0 saturated carbocycles. The highest BCUT2D eigenvalue weighted by atomic mass is 16.5. The first-order valence-electron chi connectivity index (χ1n) is 3.47. The fourth-order valence-electron chi connectivity index (χ4n) is 0.499. The van der Waals surface area contributed by atoms with E-state index in [1.807, 2.05) is 0 Å². The summed E-state index contributed by atoms with van der Waals surface area (Å²) in [5.41, 5.74) is 5.01. The summed E-state index contributed by atoms with van der Waals surface area (Å²) in [7, 11) is 0. The molecule has 1 unspecified atom stereocenters. The molecule has 0 fully saturated rings. The van der Waals surface area contributed by atoms with Crippen LogP contribution in [0.3, 0.4) is 0 Å². The smallest absolute Gasteiger partial charge is 0.185 e. The van der Waals surface area contributed by atoms with Crippen LogP contribution in [0.15, 0.2) is 0 Å². The molecule has 0 aliphatic carbocycles. The zero-order valence-corrected chi connectivity index (χ0v) is 6.63. The normalized spacial score (nSPS) is 12.5. The van der Waals surface area contributed by atoms with Crippen molar-refractivity contribution in [1.29, 1.82) is 5.41 Å². The lowest BCUT2D eigenvalue weighted by molar-refractivity contribution is 0.0280. The quantitative estimate of drug-likeness (QED) is 0.233. The fourth-order valence-corrected chi connectivity index (χ4v) is 0.499. The first-order valence-corrected chi connectivity index (χ1v) is 3.47. The molecule has 1 atom stereocenters. The van der Waals surface area contributed by atoms with Crippen LogP contribution >= 0.6 is 0 Å². The largest absolute Gasteiger partial charge is 0.394 e. The van der Waals surface area contributed by atoms with E-state index in [2.05, 4.69) is 5.32 Å². The fraction of sp³-hybridized carbons (Fsp3) is 0.833. The van der Waals surface area contributed by atoms with Crippen LogP contribution < -0.4 is 11.1 Å². The summed E-state index contributed by atoms with van der Waals surface area (Å²) < 4.78 is 5.08. The second-order valence-electron chi connectivity index (χ2n) is 2.20. The van der Waals surface area contributed by atoms with Crippen molar-refractivity contribution in [3.8, 4) is 0 Å². The van der Waals surface area contributed by atoms with Gasteiger partial charge in [-0.3, -0.25) is 5.41 Å². The van der Waals surface area contributed by atoms with Crippen LogP contribution in [0.25, 0.3) is 0 Å². The molecular weight excluding hydrogens is 146 g/mol. The van der Waals surface area contributed by atoms with Gasteiger partial charge in [-0.05, 0) is 6.92 Å². The molecule has 0 amide bonds. The number of hydrogen-bond donors (Lipinski definition) is 4. The number of guanidine groups is 1. The van der Waals surface area contributed by atoms with Crippen LogP contribution in [0.4, 0.5) is 0 Å². The van der Waals surface area contributed by atoms with Gasteiger partial charge < -0.3 is 20.9 Å². The van der Waals surface area contributed by atoms with Crippen molar-refractivity contribution in [2.45, 2.75) is 13.0 Å². The van der Waals surface area contributed by atoms with Gasteiger partial charge in [0.15, 0.2) is 5.96 Å². The van der Waals surface area contributed by atoms with E-state index in [0.717, 1.165) is 0 Å². The molecule has 0 bridgehead atoms. The van der Waals surface area contributed by atoms with Gasteiger partial charge in [0.05, 0.1) is 19.3 Å². The average Bonchev–Trinajstić information content (AvgIpc) is 1.97. The molecule has 0 aliphatic rings. The van der Waals surface area contributed by atoms with Gasteiger partial charge in [-0.25, -0.2) is 0 Å². The van der Waals surface area contributed by atoms with Gasteiger partial charge in [0.1, 0.15) is 0 Å². The zero-order chi connectivity index (χ0) is 8.69. The number of aliphatic hydroxyl groups excluding tert-OH is 1. The van der Waals surface area contributed by atoms with Crippen LogP contribution in [-0.2, 0) is 4.74 Å². The van der Waals surface area contributed by atoms with E-state index in [9.17, 15) is 0 Å². The van der Waals surface area contributed by atoms with Crippen molar-refractivity contribution in [2.24, 2.45) is 5.73 Å². The Bertz CT molecular complexity index is 118. The molecule has 5 heteroatoms. The Hall–Kier alpha value is -0.810. The van der Waals surface area contributed by atoms with Crippen molar-refractivity contribution in [3.63, 3.8) is 0 Å². The molecule has 0 radical (unpaired) electrons. The highest BCUT2D eigenvalue weighted by molar-refractivity contribution is 5.74. The van der Waals surface area contributed by atoms with Gasteiger partial charge in [-0.1, -0.05) is 0 Å². The van der Waals surface area contributed by atoms with E-state index in [4.69, 9.17) is 21.0 Å². The zero-order valence-electron chi connectivity index (χ0n) is 6.63. The molecule has 0 aromatic rings. The van der Waals surface area contributed by atoms with E-state index in [0.29, 0.717) is 13.2 Å². The second kappa shape index (κ2) is 5.94. The average molecular weight is 161 g/mol. The molecule has 0 spiro atoms. The maximum absolute atomic E-state index is 8.53. The van der Waals surface area contributed by atoms with Gasteiger partial charge in [0.2, 0.25) is 0 Å². The molecule has 66 valence electrons. The molecule has 11 heavy (non-hydrogen) atoms. The summed E-state index contributed by atoms with van der Waals surface area (Å²) in [5.74, 6) is -0.0646. The number of hydrogen-bond acceptors (Lipinski definition) is 3. The molecule has 0 aromatic heterocycles. The Morgan fingerprint density at radius 1 is 1.82 bits per heavy atom. The van der Waals surface area contributed by atoms with Crippen LogP contribution in [-0.4, -0.2) is 36.9 Å². The summed E-state index contributed by atoms with van der Waals surface area (Å²) >= 11 is 0. The molecule has 0 saturated heterocycles. The molecule has 0 aliphatic heterocycles. The molecule has 5 nitrogen and oxygen atoms in total. The third-order valence-corrected chi connectivity index (χ3v) is 1.08. The van der Waals surface area contributed by atoms with Gasteiger partial charge >= 0.3 is 0 Å². The maximum atomic E-state index is 8.53. The van der Waals surface area contributed by atoms with Crippen LogP contribution in [0, 0.1) is 5.41 Å². The van der Waals surface area contributed by atoms with Crippen LogP contribution in [0.1, 0.15) is 6.92 Å². The van der Waals surface area contributed by atoms with Crippen molar-refractivity contribution in [2.75, 3.05) is 19.8 Å². The Morgan fingerprint density at radius 3 is 2.91 bits per heavy atom. The summed E-state index contributed by atoms with van der Waals surface area (Å²) in [6.45, 7) is 2.73. The first-order chi connectivity index (χ1) is 5.16. The lowest BCUT2D eigenvalue weighted by Crippen LogP contribution is -2.33. The third-order valence-electron chi connectivity index (χ3n) is 1.08. The highest BCUT2D eigenvalue weighted by Gasteiger charge is 1.97. The summed E-state index contributed by atoms with van der Waals surface area (Å²) in [4.78, 5) is 0. The van der Waals surface area contributed by atoms with Gasteiger partial charge in [-0.2, -0.15) is 0 Å². The van der Waals surface area contributed by atoms with E-state index < -0.39 is 0 Å². The number of nitrogens with one attached hydrogen (secondary N) is 2. The Morgan fingerprint density at radius 2 is 2.45 bits per heavy atom. The second-order valence-corrected chi connectivity index (χ2v) is 2.20. The first kappa shape index (κ1) is 10.2. The minimum Gasteiger partial charge on any atom is -0.394 e. The van der Waals surface area contributed by atoms with E-state index in [-0.39, 0.29) is 18.7 Å². The number of aliphatic hydroxyl groups is 1. The predicted molar refractivity (Wildman–Crippen MR) is 42.4 cm³/mol. The Labute approximate surface area is 66.0 Å². The third kappa shape index (κ3) is 7.08. The topological polar surface area (TPSA) is 91.4 Å². The monoisotopic (exact) mass is 161 g/mol. The SMILES string of the molecule is CC(CO)OCCNC(=N)N. The summed E-state index contributed by atoms with van der Waals surface area (Å²) in [6.07, 6.45) is -0.149. The van der Waals surface area contributed by atoms with Crippen LogP contribution in [0.2, 0.25) is 0 Å². The van der Waals surface area contributed by atoms with Crippen molar-refractivity contribution in [1.82, 2.24) is 5.32 Å². The highest BCUT2D eigenvalue weighted by Crippen LogP contribution is 1.85. The van der Waals surface area contributed by atoms with E-state index in [1.165, 1.54) is 0 Å². The molecule has 5 N–H and O–H groups in total. The minimum absolute atomic E-state index is 0.0140. The van der Waals surface area contributed by atoms with E-state index >= 15 is 0 Å². The summed E-state index contributed by atoms with van der Waals surface area (Å²) in [6, 6.07) is 0. The lowest BCUT2D eigenvalue weighted by Gasteiger charge is -2.09. The minimum atomic E-state index is -0.149. The molecule has 0 rings (SSSR count). The van der Waals surface area contributed by atoms with Gasteiger partial charge in [0.25, 0.3) is 0 Å².